The number of aromatic hydroxyl groups is 1. The van der Waals surface area contributed by atoms with E-state index in [9.17, 15) is 5.11 Å². The second-order valence-electron chi connectivity index (χ2n) is 3.94. The summed E-state index contributed by atoms with van der Waals surface area (Å²) in [4.78, 5) is 1.03. The molecule has 0 aliphatic rings. The normalized spacial score (nSPS) is 11.8. The molecule has 1 aromatic carbocycles. The number of thiophene rings is 1. The minimum Gasteiger partial charge on any atom is -0.741 e. The molecular formula is C14H14CuN6OS3. The molecule has 0 saturated carbocycles. The first-order chi connectivity index (χ1) is 11.5. The van der Waals surface area contributed by atoms with Gasteiger partial charge in [0.1, 0.15) is 5.75 Å². The van der Waals surface area contributed by atoms with E-state index >= 15 is 0 Å². The molecule has 135 valence electrons. The summed E-state index contributed by atoms with van der Waals surface area (Å²) >= 11 is 10.6. The van der Waals surface area contributed by atoms with E-state index in [2.05, 4.69) is 45.7 Å². The molecule has 0 aliphatic heterocycles. The summed E-state index contributed by atoms with van der Waals surface area (Å²) in [5.41, 5.74) is 10.7. The van der Waals surface area contributed by atoms with E-state index in [-0.39, 0.29) is 33.2 Å². The molecule has 0 amide bonds. The fourth-order valence-electron chi connectivity index (χ4n) is 1.25. The number of hydrogen-bond donors (Lipinski definition) is 3. The zero-order valence-corrected chi connectivity index (χ0v) is 16.0. The topological polar surface area (TPSA) is 122 Å². The molecule has 0 fully saturated rings. The van der Waals surface area contributed by atoms with E-state index in [0.29, 0.717) is 5.56 Å². The van der Waals surface area contributed by atoms with Crippen molar-refractivity contribution >= 4 is 59.4 Å². The van der Waals surface area contributed by atoms with Crippen LogP contribution in [0.5, 0.6) is 5.75 Å². The van der Waals surface area contributed by atoms with Gasteiger partial charge in [0, 0.05) is 10.4 Å². The summed E-state index contributed by atoms with van der Waals surface area (Å²) in [7, 11) is 0. The fraction of sp³-hybridized carbons (Fsp3) is 0. The number of amidine groups is 2. The van der Waals surface area contributed by atoms with Gasteiger partial charge in [0.15, 0.2) is 0 Å². The van der Waals surface area contributed by atoms with E-state index in [1.54, 1.807) is 41.8 Å². The number of phenolic OH excluding ortho intramolecular Hbond substituents is 1. The van der Waals surface area contributed by atoms with Crippen LogP contribution in [0.25, 0.3) is 0 Å². The van der Waals surface area contributed by atoms with E-state index in [1.165, 1.54) is 6.21 Å². The van der Waals surface area contributed by atoms with Crippen molar-refractivity contribution in [2.24, 2.45) is 31.9 Å². The van der Waals surface area contributed by atoms with Crippen molar-refractivity contribution in [2.75, 3.05) is 0 Å². The Morgan fingerprint density at radius 2 is 1.56 bits per heavy atom. The molecule has 11 heteroatoms. The van der Waals surface area contributed by atoms with Gasteiger partial charge in [-0.1, -0.05) is 18.2 Å². The zero-order valence-electron chi connectivity index (χ0n) is 12.6. The van der Waals surface area contributed by atoms with Gasteiger partial charge in [-0.2, -0.15) is 20.4 Å². The predicted octanol–water partition coefficient (Wildman–Crippen LogP) is 1.53. The first-order valence-electron chi connectivity index (χ1n) is 6.37. The Bertz CT molecular complexity index is 739. The minimum absolute atomic E-state index is 0. The summed E-state index contributed by atoms with van der Waals surface area (Å²) in [6, 6.07) is 10.6. The molecule has 0 atom stereocenters. The molecule has 0 bridgehead atoms. The van der Waals surface area contributed by atoms with Gasteiger partial charge in [0.05, 0.1) is 12.4 Å². The standard InChI is InChI=1S/C8H9N3OS.C6H7N3S2.Cu/c9-8(13)11-10-5-6-3-1-2-4-7(6)12;7-6(10)9-8-4-5-2-1-3-11-5;/h1-5,12H,(H3,9,11,13);1-4H,(H3,7,9,10);/q;;+2/p-2/b10-5+;8-4+;. The second-order valence-corrected chi connectivity index (χ2v) is 5.76. The molecule has 0 spiro atoms. The third kappa shape index (κ3) is 11.2. The molecule has 2 rings (SSSR count). The van der Waals surface area contributed by atoms with Gasteiger partial charge in [0.25, 0.3) is 0 Å². The number of phenols is 1. The molecule has 7 nitrogen and oxygen atoms in total. The quantitative estimate of drug-likeness (QED) is 0.218. The van der Waals surface area contributed by atoms with Gasteiger partial charge in [0.2, 0.25) is 0 Å². The van der Waals surface area contributed by atoms with Crippen LogP contribution in [0.1, 0.15) is 10.4 Å². The summed E-state index contributed by atoms with van der Waals surface area (Å²) in [6.07, 6.45) is 3.00. The molecule has 0 unspecified atom stereocenters. The van der Waals surface area contributed by atoms with Crippen LogP contribution in [0, 0.1) is 0 Å². The van der Waals surface area contributed by atoms with E-state index in [0.717, 1.165) is 4.88 Å². The second kappa shape index (κ2) is 13.3. The maximum absolute atomic E-state index is 9.28. The first kappa shape index (κ1) is 23.0. The Balaban J connectivity index is 0.000000449. The fourth-order valence-corrected chi connectivity index (χ4v) is 1.93. The SMILES string of the molecule is N/C([S-])=N\N=C\c1ccccc1O.N/C([S-])=N\N=C\c1cccs1.[Cu+2]. The van der Waals surface area contributed by atoms with Crippen molar-refractivity contribution in [2.45, 2.75) is 0 Å². The van der Waals surface area contributed by atoms with Crippen LogP contribution in [0.4, 0.5) is 0 Å². The first-order valence-corrected chi connectivity index (χ1v) is 8.07. The van der Waals surface area contributed by atoms with Gasteiger partial charge in [-0.15, -0.1) is 11.3 Å². The number of nitrogens with two attached hydrogens (primary N) is 2. The molecular weight excluding hydrogens is 428 g/mol. The van der Waals surface area contributed by atoms with Gasteiger partial charge < -0.3 is 41.8 Å². The Morgan fingerprint density at radius 3 is 2.08 bits per heavy atom. The molecule has 1 aromatic heterocycles. The Morgan fingerprint density at radius 1 is 0.960 bits per heavy atom. The molecule has 0 saturated heterocycles. The van der Waals surface area contributed by atoms with Crippen molar-refractivity contribution in [1.82, 2.24) is 0 Å². The van der Waals surface area contributed by atoms with Crippen molar-refractivity contribution in [3.8, 4) is 5.75 Å². The van der Waals surface area contributed by atoms with Gasteiger partial charge in [-0.3, -0.25) is 0 Å². The number of nitrogens with zero attached hydrogens (tertiary/aromatic N) is 4. The summed E-state index contributed by atoms with van der Waals surface area (Å²) in [6.45, 7) is 0. The van der Waals surface area contributed by atoms with E-state index in [4.69, 9.17) is 11.5 Å². The van der Waals surface area contributed by atoms with Crippen LogP contribution in [0.2, 0.25) is 0 Å². The Kier molecular flexibility index (Phi) is 12.2. The average molecular weight is 442 g/mol. The predicted molar refractivity (Wildman–Crippen MR) is 106 cm³/mol. The van der Waals surface area contributed by atoms with Gasteiger partial charge >= 0.3 is 17.1 Å². The smallest absolute Gasteiger partial charge is 0.741 e. The number of benzene rings is 1. The van der Waals surface area contributed by atoms with Crippen LogP contribution in [-0.4, -0.2) is 27.9 Å². The van der Waals surface area contributed by atoms with Gasteiger partial charge in [-0.25, -0.2) is 0 Å². The number of hydrogen-bond acceptors (Lipinski definition) is 8. The van der Waals surface area contributed by atoms with Crippen molar-refractivity contribution in [3.63, 3.8) is 0 Å². The third-order valence-corrected chi connectivity index (χ3v) is 3.14. The van der Waals surface area contributed by atoms with Crippen LogP contribution >= 0.6 is 11.3 Å². The van der Waals surface area contributed by atoms with E-state index < -0.39 is 0 Å². The molecule has 25 heavy (non-hydrogen) atoms. The maximum Gasteiger partial charge on any atom is 2.00 e. The molecule has 1 heterocycles. The Labute approximate surface area is 170 Å². The maximum atomic E-state index is 9.28. The van der Waals surface area contributed by atoms with Crippen molar-refractivity contribution < 1.29 is 22.2 Å². The van der Waals surface area contributed by atoms with Crippen molar-refractivity contribution in [1.29, 1.82) is 0 Å². The van der Waals surface area contributed by atoms with Crippen molar-refractivity contribution in [3.05, 3.63) is 52.2 Å². The largest absolute Gasteiger partial charge is 2.00 e. The zero-order chi connectivity index (χ0) is 17.8. The van der Waals surface area contributed by atoms with Crippen LogP contribution in [-0.2, 0) is 42.3 Å². The van der Waals surface area contributed by atoms with Gasteiger partial charge in [-0.05, 0) is 33.9 Å². The monoisotopic (exact) mass is 441 g/mol. The Hall–Kier alpha value is -2.04. The molecule has 0 aliphatic carbocycles. The third-order valence-electron chi connectivity index (χ3n) is 2.17. The minimum atomic E-state index is -0.0355. The number of para-hydroxylation sites is 1. The molecule has 1 radical (unpaired) electrons. The molecule has 5 N–H and O–H groups in total. The van der Waals surface area contributed by atoms with Crippen LogP contribution in [0.3, 0.4) is 0 Å². The summed E-state index contributed by atoms with van der Waals surface area (Å²) < 4.78 is 0. The van der Waals surface area contributed by atoms with E-state index in [1.807, 2.05) is 17.5 Å². The number of rotatable bonds is 4. The summed E-state index contributed by atoms with van der Waals surface area (Å²) in [5, 5.41) is 25.4. The molecule has 2 aromatic rings. The average Bonchev–Trinajstić information content (AvgIpc) is 3.02. The van der Waals surface area contributed by atoms with Crippen LogP contribution < -0.4 is 11.5 Å². The van der Waals surface area contributed by atoms with Crippen LogP contribution in [0.15, 0.2) is 62.2 Å². The summed E-state index contributed by atoms with van der Waals surface area (Å²) in [5.74, 6) is 0.143.